The van der Waals surface area contributed by atoms with Gasteiger partial charge in [-0.2, -0.15) is 0 Å². The predicted octanol–water partition coefficient (Wildman–Crippen LogP) is 1.59. The molecule has 1 amide bonds. The second kappa shape index (κ2) is 11.3. The molecule has 0 atom stereocenters. The fourth-order valence-corrected chi connectivity index (χ4v) is 3.10. The molecule has 0 aliphatic rings. The smallest absolute Gasteiger partial charge is 0.410 e. The molecule has 11 heteroatoms. The van der Waals surface area contributed by atoms with Crippen LogP contribution in [0.1, 0.15) is 20.8 Å². The second-order valence-electron chi connectivity index (χ2n) is 7.24. The number of carbonyl (C=O) groups is 1. The number of ether oxygens (including phenoxy) is 3. The molecule has 0 fully saturated rings. The van der Waals surface area contributed by atoms with E-state index in [2.05, 4.69) is 4.72 Å². The number of amides is 1. The van der Waals surface area contributed by atoms with Gasteiger partial charge in [0.1, 0.15) is 11.4 Å². The van der Waals surface area contributed by atoms with E-state index in [1.54, 1.807) is 27.8 Å². The van der Waals surface area contributed by atoms with E-state index < -0.39 is 27.5 Å². The van der Waals surface area contributed by atoms with Crippen LogP contribution in [0.4, 0.5) is 14.9 Å². The summed E-state index contributed by atoms with van der Waals surface area (Å²) < 4.78 is 55.6. The Balaban J connectivity index is 2.15. The van der Waals surface area contributed by atoms with Crippen LogP contribution in [0.3, 0.4) is 0 Å². The van der Waals surface area contributed by atoms with E-state index in [9.17, 15) is 17.6 Å². The van der Waals surface area contributed by atoms with Crippen molar-refractivity contribution in [3.63, 3.8) is 0 Å². The quantitative estimate of drug-likeness (QED) is 0.400. The molecular weight excluding hydrogens is 405 g/mol. The first-order valence-corrected chi connectivity index (χ1v) is 10.5. The molecule has 0 radical (unpaired) electrons. The van der Waals surface area contributed by atoms with Crippen molar-refractivity contribution in [3.05, 3.63) is 24.0 Å². The van der Waals surface area contributed by atoms with Crippen LogP contribution in [0.15, 0.2) is 23.1 Å². The highest BCUT2D eigenvalue weighted by Crippen LogP contribution is 2.15. The van der Waals surface area contributed by atoms with Crippen LogP contribution in [0.2, 0.25) is 0 Å². The van der Waals surface area contributed by atoms with E-state index in [1.165, 1.54) is 11.0 Å². The number of sulfonamides is 1. The number of benzene rings is 1. The minimum atomic E-state index is -3.87. The number of rotatable bonds is 11. The largest absolute Gasteiger partial charge is 0.444 e. The first kappa shape index (κ1) is 25.1. The maximum Gasteiger partial charge on any atom is 0.410 e. The third-order valence-corrected chi connectivity index (χ3v) is 4.83. The van der Waals surface area contributed by atoms with E-state index in [-0.39, 0.29) is 36.9 Å². The lowest BCUT2D eigenvalue weighted by atomic mass is 10.2. The number of nitrogens with one attached hydrogen (secondary N) is 1. The molecule has 29 heavy (non-hydrogen) atoms. The van der Waals surface area contributed by atoms with E-state index in [0.29, 0.717) is 13.2 Å². The van der Waals surface area contributed by atoms with Crippen LogP contribution >= 0.6 is 0 Å². The van der Waals surface area contributed by atoms with Crippen molar-refractivity contribution in [2.24, 2.45) is 0 Å². The van der Waals surface area contributed by atoms with Gasteiger partial charge in [-0.15, -0.1) is 0 Å². The van der Waals surface area contributed by atoms with Crippen molar-refractivity contribution in [2.45, 2.75) is 31.3 Å². The number of hydrogen-bond acceptors (Lipinski definition) is 7. The minimum absolute atomic E-state index is 0.0140. The molecule has 1 rings (SSSR count). The molecule has 166 valence electrons. The monoisotopic (exact) mass is 435 g/mol. The highest BCUT2D eigenvalue weighted by molar-refractivity contribution is 7.89. The number of nitrogen functional groups attached to an aromatic ring is 1. The maximum absolute atomic E-state index is 13.3. The van der Waals surface area contributed by atoms with Crippen molar-refractivity contribution in [1.82, 2.24) is 9.62 Å². The van der Waals surface area contributed by atoms with Gasteiger partial charge in [0.25, 0.3) is 0 Å². The standard InChI is InChI=1S/C18H30FN3O6S/c1-18(2,3)28-17(23)22(4)6-8-27-10-9-26-7-5-21-29(24,25)16-12-14(19)11-15(20)13-16/h11-13,21H,5-10,20H2,1-4H3. The van der Waals surface area contributed by atoms with Gasteiger partial charge in [-0.1, -0.05) is 0 Å². The Hall–Kier alpha value is -1.95. The van der Waals surface area contributed by atoms with Crippen molar-refractivity contribution < 1.29 is 31.8 Å². The number of nitrogens with zero attached hydrogens (tertiary/aromatic N) is 1. The highest BCUT2D eigenvalue weighted by atomic mass is 32.2. The van der Waals surface area contributed by atoms with E-state index in [4.69, 9.17) is 19.9 Å². The summed E-state index contributed by atoms with van der Waals surface area (Å²) in [7, 11) is -2.25. The number of anilines is 1. The van der Waals surface area contributed by atoms with Crippen LogP contribution in [-0.2, 0) is 24.2 Å². The third kappa shape index (κ3) is 10.4. The summed E-state index contributed by atoms with van der Waals surface area (Å²) in [4.78, 5) is 12.9. The molecule has 0 heterocycles. The summed E-state index contributed by atoms with van der Waals surface area (Å²) in [5.41, 5.74) is 4.92. The SMILES string of the molecule is CN(CCOCCOCCNS(=O)(=O)c1cc(N)cc(F)c1)C(=O)OC(C)(C)C. The summed E-state index contributed by atoms with van der Waals surface area (Å²) in [5.74, 6) is -0.726. The van der Waals surface area contributed by atoms with Crippen molar-refractivity contribution in [1.29, 1.82) is 0 Å². The van der Waals surface area contributed by atoms with Crippen LogP contribution in [0.25, 0.3) is 0 Å². The number of halogens is 1. The van der Waals surface area contributed by atoms with Gasteiger partial charge in [-0.3, -0.25) is 0 Å². The molecule has 0 aliphatic carbocycles. The second-order valence-corrected chi connectivity index (χ2v) is 9.01. The van der Waals surface area contributed by atoms with Crippen molar-refractivity contribution in [3.8, 4) is 0 Å². The summed E-state index contributed by atoms with van der Waals surface area (Å²) in [6.45, 7) is 6.73. The zero-order chi connectivity index (χ0) is 22.1. The normalized spacial score (nSPS) is 12.0. The van der Waals surface area contributed by atoms with Gasteiger partial charge in [0.2, 0.25) is 10.0 Å². The van der Waals surface area contributed by atoms with Gasteiger partial charge in [0.15, 0.2) is 0 Å². The summed E-state index contributed by atoms with van der Waals surface area (Å²) in [6.07, 6.45) is -0.426. The van der Waals surface area contributed by atoms with Crippen molar-refractivity contribution in [2.75, 3.05) is 52.3 Å². The fourth-order valence-electron chi connectivity index (χ4n) is 2.03. The Bertz CT molecular complexity index is 747. The molecule has 0 saturated carbocycles. The minimum Gasteiger partial charge on any atom is -0.444 e. The Morgan fingerprint density at radius 1 is 1.14 bits per heavy atom. The average Bonchev–Trinajstić information content (AvgIpc) is 2.57. The molecule has 0 spiro atoms. The first-order chi connectivity index (χ1) is 13.4. The van der Waals surface area contributed by atoms with Gasteiger partial charge in [0.05, 0.1) is 31.3 Å². The summed E-state index contributed by atoms with van der Waals surface area (Å²) in [6, 6.07) is 3.10. The van der Waals surface area contributed by atoms with Gasteiger partial charge >= 0.3 is 6.09 Å². The predicted molar refractivity (Wildman–Crippen MR) is 107 cm³/mol. The van der Waals surface area contributed by atoms with E-state index >= 15 is 0 Å². The number of nitrogens with two attached hydrogens (primary N) is 1. The Morgan fingerprint density at radius 2 is 1.76 bits per heavy atom. The van der Waals surface area contributed by atoms with Gasteiger partial charge in [-0.25, -0.2) is 22.3 Å². The molecular formula is C18H30FN3O6S. The van der Waals surface area contributed by atoms with Gasteiger partial charge in [-0.05, 0) is 39.0 Å². The lowest BCUT2D eigenvalue weighted by Crippen LogP contribution is -2.36. The fraction of sp³-hybridized carbons (Fsp3) is 0.611. The molecule has 0 aliphatic heterocycles. The van der Waals surface area contributed by atoms with Gasteiger partial charge in [0, 0.05) is 25.8 Å². The van der Waals surface area contributed by atoms with E-state index in [0.717, 1.165) is 12.1 Å². The Kier molecular flexibility index (Phi) is 9.77. The maximum atomic E-state index is 13.3. The molecule has 0 bridgehead atoms. The van der Waals surface area contributed by atoms with Crippen LogP contribution in [0.5, 0.6) is 0 Å². The Labute approximate surface area is 171 Å². The van der Waals surface area contributed by atoms with E-state index in [1.807, 2.05) is 0 Å². The Morgan fingerprint density at radius 3 is 2.34 bits per heavy atom. The summed E-state index contributed by atoms with van der Waals surface area (Å²) >= 11 is 0. The molecule has 9 nitrogen and oxygen atoms in total. The molecule has 0 unspecified atom stereocenters. The number of likely N-dealkylation sites (N-methyl/N-ethyl adjacent to an activating group) is 1. The molecule has 0 aromatic heterocycles. The lowest BCUT2D eigenvalue weighted by molar-refractivity contribution is 0.0164. The first-order valence-electron chi connectivity index (χ1n) is 9.06. The number of hydrogen-bond donors (Lipinski definition) is 2. The number of carbonyl (C=O) groups excluding carboxylic acids is 1. The highest BCUT2D eigenvalue weighted by Gasteiger charge is 2.19. The van der Waals surface area contributed by atoms with Crippen LogP contribution in [-0.4, -0.2) is 71.6 Å². The molecule has 3 N–H and O–H groups in total. The van der Waals surface area contributed by atoms with Crippen LogP contribution in [0, 0.1) is 5.82 Å². The molecule has 1 aromatic rings. The summed E-state index contributed by atoms with van der Waals surface area (Å²) in [5, 5.41) is 0. The lowest BCUT2D eigenvalue weighted by Gasteiger charge is -2.24. The molecule has 1 aromatic carbocycles. The van der Waals surface area contributed by atoms with Crippen molar-refractivity contribution >= 4 is 21.8 Å². The third-order valence-electron chi connectivity index (χ3n) is 3.39. The molecule has 0 saturated heterocycles. The topological polar surface area (TPSA) is 120 Å². The van der Waals surface area contributed by atoms with Gasteiger partial charge < -0.3 is 24.8 Å². The zero-order valence-corrected chi connectivity index (χ0v) is 18.1. The van der Waals surface area contributed by atoms with Crippen LogP contribution < -0.4 is 10.5 Å². The average molecular weight is 436 g/mol. The zero-order valence-electron chi connectivity index (χ0n) is 17.2.